The zero-order valence-corrected chi connectivity index (χ0v) is 7.00. The molecule has 0 amide bonds. The van der Waals surface area contributed by atoms with Crippen molar-refractivity contribution in [2.45, 2.75) is 0 Å². The van der Waals surface area contributed by atoms with Crippen molar-refractivity contribution >= 4 is 10.9 Å². The Hall–Kier alpha value is -1.84. The molecule has 0 saturated heterocycles. The summed E-state index contributed by atoms with van der Waals surface area (Å²) in [6.45, 7) is 0. The van der Waals surface area contributed by atoms with Crippen LogP contribution in [0.4, 0.5) is 0 Å². The van der Waals surface area contributed by atoms with Crippen LogP contribution >= 0.6 is 0 Å². The van der Waals surface area contributed by atoms with Gasteiger partial charge in [-0.25, -0.2) is 0 Å². The average Bonchev–Trinajstić information content (AvgIpc) is 2.18. The molecule has 4 heteroatoms. The fourth-order valence-corrected chi connectivity index (χ4v) is 1.11. The van der Waals surface area contributed by atoms with Gasteiger partial charge in [-0.3, -0.25) is 4.79 Å². The van der Waals surface area contributed by atoms with E-state index >= 15 is 0 Å². The van der Waals surface area contributed by atoms with Crippen LogP contribution in [0.25, 0.3) is 10.9 Å². The molecule has 0 unspecified atom stereocenters. The van der Waals surface area contributed by atoms with Crippen LogP contribution in [0.3, 0.4) is 0 Å². The largest absolute Gasteiger partial charge is 0.468 e. The molecule has 1 aromatic heterocycles. The zero-order chi connectivity index (χ0) is 9.26. The first-order valence-corrected chi connectivity index (χ1v) is 3.75. The maximum Gasteiger partial charge on any atom is 0.297 e. The number of nitrogens with zero attached hydrogens (tertiary/aromatic N) is 1. The molecule has 1 N–H and O–H groups in total. The van der Waals surface area contributed by atoms with E-state index in [1.807, 2.05) is 0 Å². The van der Waals surface area contributed by atoms with Crippen molar-refractivity contribution in [1.29, 1.82) is 0 Å². The van der Waals surface area contributed by atoms with E-state index in [-0.39, 0.29) is 11.6 Å². The number of benzene rings is 1. The predicted octanol–water partition coefficient (Wildman–Crippen LogP) is 0.732. The Morgan fingerprint density at radius 1 is 1.62 bits per heavy atom. The Morgan fingerprint density at radius 3 is 3.23 bits per heavy atom. The molecule has 2 rings (SSSR count). The maximum atomic E-state index is 11.3. The van der Waals surface area contributed by atoms with Crippen molar-refractivity contribution in [3.63, 3.8) is 0 Å². The van der Waals surface area contributed by atoms with Crippen molar-refractivity contribution in [1.82, 2.24) is 9.97 Å². The Labute approximate surface area is 74.2 Å². The van der Waals surface area contributed by atoms with Crippen LogP contribution in [0.1, 0.15) is 0 Å². The summed E-state index contributed by atoms with van der Waals surface area (Å²) < 4.78 is 4.83. The average molecular weight is 175 g/mol. The highest BCUT2D eigenvalue weighted by Crippen LogP contribution is 2.07. The van der Waals surface area contributed by atoms with Crippen LogP contribution in [0, 0.1) is 6.07 Å². The standard InChI is InChI=1S/C9H7N2O2/c1-13-9-10-7-5-3-2-4-6(7)8(12)11-9/h3-5H,1H3,(H,10,11,12). The molecule has 0 aliphatic heterocycles. The third-order valence-corrected chi connectivity index (χ3v) is 1.73. The number of rotatable bonds is 1. The highest BCUT2D eigenvalue weighted by Gasteiger charge is 2.01. The molecule has 0 aliphatic rings. The lowest BCUT2D eigenvalue weighted by molar-refractivity contribution is 0.380. The van der Waals surface area contributed by atoms with E-state index in [4.69, 9.17) is 4.74 Å². The topological polar surface area (TPSA) is 55.0 Å². The van der Waals surface area contributed by atoms with E-state index < -0.39 is 0 Å². The summed E-state index contributed by atoms with van der Waals surface area (Å²) in [6.07, 6.45) is 0. The summed E-state index contributed by atoms with van der Waals surface area (Å²) in [5.41, 5.74) is 0.401. The quantitative estimate of drug-likeness (QED) is 0.695. The first-order valence-electron chi connectivity index (χ1n) is 3.75. The smallest absolute Gasteiger partial charge is 0.297 e. The number of ether oxygens (including phenoxy) is 1. The fourth-order valence-electron chi connectivity index (χ4n) is 1.11. The molecule has 0 atom stereocenters. The number of H-pyrrole nitrogens is 1. The van der Waals surface area contributed by atoms with Gasteiger partial charge in [0, 0.05) is 0 Å². The van der Waals surface area contributed by atoms with Crippen LogP contribution < -0.4 is 10.3 Å². The van der Waals surface area contributed by atoms with Crippen molar-refractivity contribution in [3.8, 4) is 6.01 Å². The minimum Gasteiger partial charge on any atom is -0.468 e. The Kier molecular flexibility index (Phi) is 1.73. The summed E-state index contributed by atoms with van der Waals surface area (Å²) in [6, 6.07) is 8.11. The second kappa shape index (κ2) is 2.90. The molecule has 4 nitrogen and oxygen atoms in total. The molecule has 0 saturated carbocycles. The van der Waals surface area contributed by atoms with Crippen LogP contribution in [0.5, 0.6) is 6.01 Å². The number of methoxy groups -OCH3 is 1. The third-order valence-electron chi connectivity index (χ3n) is 1.73. The predicted molar refractivity (Wildman–Crippen MR) is 47.8 cm³/mol. The first kappa shape index (κ1) is 7.79. The lowest BCUT2D eigenvalue weighted by atomic mass is 10.2. The second-order valence-electron chi connectivity index (χ2n) is 2.52. The van der Waals surface area contributed by atoms with E-state index in [1.54, 1.807) is 18.2 Å². The van der Waals surface area contributed by atoms with Crippen LogP contribution in [-0.4, -0.2) is 17.1 Å². The van der Waals surface area contributed by atoms with Gasteiger partial charge in [-0.15, -0.1) is 0 Å². The van der Waals surface area contributed by atoms with Gasteiger partial charge in [0.1, 0.15) is 0 Å². The Morgan fingerprint density at radius 2 is 2.46 bits per heavy atom. The summed E-state index contributed by atoms with van der Waals surface area (Å²) in [5, 5.41) is 0.517. The number of hydrogen-bond acceptors (Lipinski definition) is 3. The summed E-state index contributed by atoms with van der Waals surface area (Å²) in [4.78, 5) is 17.9. The molecule has 2 aromatic rings. The number of hydrogen-bond donors (Lipinski definition) is 1. The van der Waals surface area contributed by atoms with Crippen LogP contribution in [0.2, 0.25) is 0 Å². The van der Waals surface area contributed by atoms with E-state index in [9.17, 15) is 4.79 Å². The van der Waals surface area contributed by atoms with Gasteiger partial charge in [0.25, 0.3) is 11.6 Å². The first-order chi connectivity index (χ1) is 6.31. The molecular formula is C9H7N2O2. The van der Waals surface area contributed by atoms with Gasteiger partial charge in [0.05, 0.1) is 18.0 Å². The zero-order valence-electron chi connectivity index (χ0n) is 7.00. The molecule has 0 spiro atoms. The molecule has 1 heterocycles. The molecule has 0 fully saturated rings. The van der Waals surface area contributed by atoms with Gasteiger partial charge in [0.2, 0.25) is 0 Å². The van der Waals surface area contributed by atoms with Gasteiger partial charge in [-0.05, 0) is 18.2 Å². The van der Waals surface area contributed by atoms with Gasteiger partial charge in [-0.1, -0.05) is 6.07 Å². The minimum atomic E-state index is -0.303. The lowest BCUT2D eigenvalue weighted by Gasteiger charge is -1.99. The molecule has 1 aromatic carbocycles. The fraction of sp³-hybridized carbons (Fsp3) is 0.111. The van der Waals surface area contributed by atoms with Crippen molar-refractivity contribution < 1.29 is 4.74 Å². The Bertz CT molecular complexity index is 490. The maximum absolute atomic E-state index is 11.3. The number of aromatic nitrogens is 2. The SMILES string of the molecule is COc1nc(=O)c2c[c]ccc2[nH]1. The monoisotopic (exact) mass is 175 g/mol. The van der Waals surface area contributed by atoms with Crippen LogP contribution in [0.15, 0.2) is 23.0 Å². The van der Waals surface area contributed by atoms with Crippen molar-refractivity contribution in [2.24, 2.45) is 0 Å². The number of aromatic amines is 1. The normalized spacial score (nSPS) is 10.2. The van der Waals surface area contributed by atoms with Gasteiger partial charge < -0.3 is 9.72 Å². The minimum absolute atomic E-state index is 0.226. The Balaban J connectivity index is 2.85. The van der Waals surface area contributed by atoms with E-state index in [0.717, 1.165) is 0 Å². The molecule has 13 heavy (non-hydrogen) atoms. The van der Waals surface area contributed by atoms with E-state index in [2.05, 4.69) is 16.0 Å². The summed E-state index contributed by atoms with van der Waals surface area (Å²) in [5.74, 6) is 0. The third kappa shape index (κ3) is 1.26. The van der Waals surface area contributed by atoms with Crippen molar-refractivity contribution in [2.75, 3.05) is 7.11 Å². The molecule has 0 bridgehead atoms. The number of nitrogens with one attached hydrogen (secondary N) is 1. The van der Waals surface area contributed by atoms with Gasteiger partial charge in [0.15, 0.2) is 0 Å². The molecule has 1 radical (unpaired) electrons. The van der Waals surface area contributed by atoms with E-state index in [0.29, 0.717) is 10.9 Å². The molecular weight excluding hydrogens is 168 g/mol. The summed E-state index contributed by atoms with van der Waals surface area (Å²) in [7, 11) is 1.46. The van der Waals surface area contributed by atoms with Gasteiger partial charge in [-0.2, -0.15) is 4.98 Å². The van der Waals surface area contributed by atoms with E-state index in [1.165, 1.54) is 7.11 Å². The van der Waals surface area contributed by atoms with Crippen molar-refractivity contribution in [3.05, 3.63) is 34.6 Å². The highest BCUT2D eigenvalue weighted by atomic mass is 16.5. The molecule has 65 valence electrons. The number of fused-ring (bicyclic) bond motifs is 1. The summed E-state index contributed by atoms with van der Waals surface area (Å²) >= 11 is 0. The van der Waals surface area contributed by atoms with Crippen LogP contribution in [-0.2, 0) is 0 Å². The lowest BCUT2D eigenvalue weighted by Crippen LogP contribution is -2.09. The highest BCUT2D eigenvalue weighted by molar-refractivity contribution is 5.77. The second-order valence-corrected chi connectivity index (χ2v) is 2.52. The molecule has 0 aliphatic carbocycles. The van der Waals surface area contributed by atoms with Gasteiger partial charge >= 0.3 is 0 Å².